The van der Waals surface area contributed by atoms with Crippen molar-refractivity contribution in [3.05, 3.63) is 23.3 Å². The van der Waals surface area contributed by atoms with Gasteiger partial charge in [-0.15, -0.1) is 0 Å². The van der Waals surface area contributed by atoms with Gasteiger partial charge in [0.25, 0.3) is 0 Å². The highest BCUT2D eigenvalue weighted by molar-refractivity contribution is 5.87. The Bertz CT molecular complexity index is 274. The second-order valence-corrected chi connectivity index (χ2v) is 3.68. The summed E-state index contributed by atoms with van der Waals surface area (Å²) >= 11 is 0. The summed E-state index contributed by atoms with van der Waals surface area (Å²) in [6.45, 7) is 9.33. The topological polar surface area (TPSA) is 26.3 Å². The number of hydrogen-bond acceptors (Lipinski definition) is 2. The Kier molecular flexibility index (Phi) is 2.91. The molecule has 0 saturated heterocycles. The standard InChI is InChI=1S/C11H16O2/c1-7(2)11(12)13-10-6-5-8(3)9(10)4/h10H,1,5-6H2,2-4H3/t10-/m1/s1. The van der Waals surface area contributed by atoms with Crippen LogP contribution in [0.25, 0.3) is 0 Å². The van der Waals surface area contributed by atoms with Crippen LogP contribution in [-0.2, 0) is 9.53 Å². The predicted molar refractivity (Wildman–Crippen MR) is 52.3 cm³/mol. The van der Waals surface area contributed by atoms with E-state index in [0.717, 1.165) is 12.8 Å². The van der Waals surface area contributed by atoms with E-state index in [1.165, 1.54) is 11.1 Å². The summed E-state index contributed by atoms with van der Waals surface area (Å²) in [5.74, 6) is -0.279. The van der Waals surface area contributed by atoms with Crippen molar-refractivity contribution >= 4 is 5.97 Å². The molecule has 0 aromatic rings. The van der Waals surface area contributed by atoms with E-state index in [-0.39, 0.29) is 12.1 Å². The second kappa shape index (κ2) is 3.77. The Hall–Kier alpha value is -1.05. The Morgan fingerprint density at radius 2 is 2.15 bits per heavy atom. The predicted octanol–water partition coefficient (Wildman–Crippen LogP) is 2.60. The van der Waals surface area contributed by atoms with E-state index in [0.29, 0.717) is 5.57 Å². The van der Waals surface area contributed by atoms with E-state index in [1.807, 2.05) is 6.92 Å². The number of allylic oxidation sites excluding steroid dienone is 1. The monoisotopic (exact) mass is 180 g/mol. The number of carbonyl (C=O) groups excluding carboxylic acids is 1. The molecule has 0 spiro atoms. The van der Waals surface area contributed by atoms with E-state index < -0.39 is 0 Å². The van der Waals surface area contributed by atoms with Crippen molar-refractivity contribution in [3.63, 3.8) is 0 Å². The van der Waals surface area contributed by atoms with Crippen LogP contribution in [0, 0.1) is 0 Å². The fraction of sp³-hybridized carbons (Fsp3) is 0.545. The van der Waals surface area contributed by atoms with Crippen LogP contribution >= 0.6 is 0 Å². The van der Waals surface area contributed by atoms with Crippen molar-refractivity contribution in [3.8, 4) is 0 Å². The lowest BCUT2D eigenvalue weighted by molar-refractivity contribution is -0.142. The first-order valence-electron chi connectivity index (χ1n) is 4.55. The molecule has 0 aromatic heterocycles. The van der Waals surface area contributed by atoms with Gasteiger partial charge < -0.3 is 4.74 Å². The van der Waals surface area contributed by atoms with Crippen LogP contribution in [0.2, 0.25) is 0 Å². The molecule has 0 bridgehead atoms. The summed E-state index contributed by atoms with van der Waals surface area (Å²) in [6.07, 6.45) is 1.96. The molecule has 1 rings (SSSR count). The molecule has 1 aliphatic rings. The minimum Gasteiger partial charge on any atom is -0.454 e. The van der Waals surface area contributed by atoms with Gasteiger partial charge in [-0.25, -0.2) is 4.79 Å². The molecule has 0 saturated carbocycles. The maximum atomic E-state index is 11.2. The minimum absolute atomic E-state index is 0.0100. The van der Waals surface area contributed by atoms with Crippen LogP contribution < -0.4 is 0 Å². The summed E-state index contributed by atoms with van der Waals surface area (Å²) in [4.78, 5) is 11.2. The van der Waals surface area contributed by atoms with Gasteiger partial charge in [-0.3, -0.25) is 0 Å². The van der Waals surface area contributed by atoms with Gasteiger partial charge in [0.1, 0.15) is 6.10 Å². The highest BCUT2D eigenvalue weighted by Crippen LogP contribution is 2.28. The fourth-order valence-electron chi connectivity index (χ4n) is 1.41. The molecule has 2 heteroatoms. The van der Waals surface area contributed by atoms with Crippen LogP contribution in [0.5, 0.6) is 0 Å². The highest BCUT2D eigenvalue weighted by atomic mass is 16.5. The molecule has 0 N–H and O–H groups in total. The molecule has 0 heterocycles. The summed E-state index contributed by atoms with van der Waals surface area (Å²) in [5, 5.41) is 0. The van der Waals surface area contributed by atoms with Crippen LogP contribution in [0.4, 0.5) is 0 Å². The van der Waals surface area contributed by atoms with Gasteiger partial charge >= 0.3 is 5.97 Å². The van der Waals surface area contributed by atoms with Gasteiger partial charge in [0.05, 0.1) is 0 Å². The number of carbonyl (C=O) groups is 1. The molecular weight excluding hydrogens is 164 g/mol. The lowest BCUT2D eigenvalue weighted by Gasteiger charge is -2.13. The second-order valence-electron chi connectivity index (χ2n) is 3.68. The molecule has 0 radical (unpaired) electrons. The Morgan fingerprint density at radius 3 is 2.54 bits per heavy atom. The van der Waals surface area contributed by atoms with E-state index >= 15 is 0 Å². The summed E-state index contributed by atoms with van der Waals surface area (Å²) in [7, 11) is 0. The zero-order chi connectivity index (χ0) is 10.0. The molecule has 72 valence electrons. The molecule has 2 nitrogen and oxygen atoms in total. The molecule has 1 aliphatic carbocycles. The Morgan fingerprint density at radius 1 is 1.54 bits per heavy atom. The van der Waals surface area contributed by atoms with Gasteiger partial charge in [-0.1, -0.05) is 12.2 Å². The van der Waals surface area contributed by atoms with Crippen molar-refractivity contribution in [2.75, 3.05) is 0 Å². The van der Waals surface area contributed by atoms with Gasteiger partial charge in [-0.2, -0.15) is 0 Å². The zero-order valence-electron chi connectivity index (χ0n) is 8.52. The van der Waals surface area contributed by atoms with Crippen LogP contribution in [-0.4, -0.2) is 12.1 Å². The van der Waals surface area contributed by atoms with Crippen molar-refractivity contribution in [1.82, 2.24) is 0 Å². The van der Waals surface area contributed by atoms with Gasteiger partial charge in [0, 0.05) is 5.57 Å². The third kappa shape index (κ3) is 2.20. The van der Waals surface area contributed by atoms with Crippen LogP contribution in [0.1, 0.15) is 33.6 Å². The normalized spacial score (nSPS) is 21.9. The van der Waals surface area contributed by atoms with Gasteiger partial charge in [-0.05, 0) is 39.2 Å². The smallest absolute Gasteiger partial charge is 0.333 e. The summed E-state index contributed by atoms with van der Waals surface area (Å²) < 4.78 is 5.26. The highest BCUT2D eigenvalue weighted by Gasteiger charge is 2.23. The quantitative estimate of drug-likeness (QED) is 0.371. The molecule has 0 aliphatic heterocycles. The average Bonchev–Trinajstić information content (AvgIpc) is 2.36. The zero-order valence-corrected chi connectivity index (χ0v) is 8.52. The molecule has 0 amide bonds. The van der Waals surface area contributed by atoms with Crippen LogP contribution in [0.3, 0.4) is 0 Å². The average molecular weight is 180 g/mol. The first-order chi connectivity index (χ1) is 6.02. The summed E-state index contributed by atoms with van der Waals surface area (Å²) in [5.41, 5.74) is 3.02. The molecule has 13 heavy (non-hydrogen) atoms. The lowest BCUT2D eigenvalue weighted by Crippen LogP contribution is -2.16. The van der Waals surface area contributed by atoms with Crippen molar-refractivity contribution in [1.29, 1.82) is 0 Å². The molecule has 0 aromatic carbocycles. The first kappa shape index (κ1) is 10.0. The largest absolute Gasteiger partial charge is 0.454 e. The molecule has 0 fully saturated rings. The first-order valence-corrected chi connectivity index (χ1v) is 4.55. The third-order valence-corrected chi connectivity index (χ3v) is 2.54. The number of rotatable bonds is 2. The molecule has 0 unspecified atom stereocenters. The minimum atomic E-state index is -0.279. The van der Waals surface area contributed by atoms with Gasteiger partial charge in [0.2, 0.25) is 0 Å². The number of hydrogen-bond donors (Lipinski definition) is 0. The van der Waals surface area contributed by atoms with E-state index in [1.54, 1.807) is 6.92 Å². The lowest BCUT2D eigenvalue weighted by atomic mass is 10.2. The number of ether oxygens (including phenoxy) is 1. The van der Waals surface area contributed by atoms with Gasteiger partial charge in [0.15, 0.2) is 0 Å². The van der Waals surface area contributed by atoms with Crippen molar-refractivity contribution < 1.29 is 9.53 Å². The van der Waals surface area contributed by atoms with E-state index in [9.17, 15) is 4.79 Å². The SMILES string of the molecule is C=C(C)C(=O)O[C@@H]1CCC(C)=C1C. The summed E-state index contributed by atoms with van der Waals surface area (Å²) in [6, 6.07) is 0. The van der Waals surface area contributed by atoms with Crippen molar-refractivity contribution in [2.45, 2.75) is 39.7 Å². The number of esters is 1. The van der Waals surface area contributed by atoms with Crippen molar-refractivity contribution in [2.24, 2.45) is 0 Å². The molecular formula is C11H16O2. The van der Waals surface area contributed by atoms with E-state index in [4.69, 9.17) is 4.74 Å². The maximum absolute atomic E-state index is 11.2. The Labute approximate surface area is 79.3 Å². The fourth-order valence-corrected chi connectivity index (χ4v) is 1.41. The Balaban J connectivity index is 2.58. The van der Waals surface area contributed by atoms with E-state index in [2.05, 4.69) is 13.5 Å². The van der Waals surface area contributed by atoms with Crippen LogP contribution in [0.15, 0.2) is 23.3 Å². The molecule has 1 atom stereocenters. The third-order valence-electron chi connectivity index (χ3n) is 2.54. The maximum Gasteiger partial charge on any atom is 0.333 e.